The normalized spacial score (nSPS) is 10.6. The third kappa shape index (κ3) is 5.46. The van der Waals surface area contributed by atoms with Gasteiger partial charge in [-0.2, -0.15) is 0 Å². The number of para-hydroxylation sites is 1. The Morgan fingerprint density at radius 1 is 1.12 bits per heavy atom. The molecule has 0 radical (unpaired) electrons. The van der Waals surface area contributed by atoms with Crippen LogP contribution in [0.3, 0.4) is 0 Å². The molecule has 2 aromatic carbocycles. The minimum absolute atomic E-state index is 0.0459. The molecule has 0 fully saturated rings. The molecule has 0 saturated heterocycles. The van der Waals surface area contributed by atoms with E-state index in [-0.39, 0.29) is 18.9 Å². The molecular weight excluding hydrogens is 408 g/mol. The first-order valence-electron chi connectivity index (χ1n) is 10.4. The number of nitrogens with zero attached hydrogens (tertiary/aromatic N) is 1. The molecule has 3 rings (SSSR count). The van der Waals surface area contributed by atoms with E-state index in [1.807, 2.05) is 24.3 Å². The first-order chi connectivity index (χ1) is 15.4. The number of anilines is 2. The molecule has 3 aromatic rings. The molecule has 168 valence electrons. The van der Waals surface area contributed by atoms with Crippen LogP contribution in [0.15, 0.2) is 42.6 Å². The van der Waals surface area contributed by atoms with Crippen molar-refractivity contribution in [2.75, 3.05) is 25.6 Å². The Hall–Kier alpha value is -3.81. The highest BCUT2D eigenvalue weighted by Crippen LogP contribution is 2.38. The highest BCUT2D eigenvalue weighted by molar-refractivity contribution is 5.98. The van der Waals surface area contributed by atoms with Gasteiger partial charge in [0.15, 0.2) is 11.5 Å². The summed E-state index contributed by atoms with van der Waals surface area (Å²) in [6.07, 6.45) is 2.55. The summed E-state index contributed by atoms with van der Waals surface area (Å²) in [5.74, 6) is 0.462. The van der Waals surface area contributed by atoms with Gasteiger partial charge in [0, 0.05) is 35.8 Å². The van der Waals surface area contributed by atoms with Gasteiger partial charge in [-0.25, -0.2) is 0 Å². The van der Waals surface area contributed by atoms with Crippen molar-refractivity contribution in [3.8, 4) is 11.5 Å². The van der Waals surface area contributed by atoms with E-state index < -0.39 is 5.91 Å². The lowest BCUT2D eigenvalue weighted by molar-refractivity contribution is -0.119. The van der Waals surface area contributed by atoms with Crippen LogP contribution >= 0.6 is 0 Å². The molecule has 0 bridgehead atoms. The summed E-state index contributed by atoms with van der Waals surface area (Å²) < 4.78 is 11.3. The summed E-state index contributed by atoms with van der Waals surface area (Å²) in [5.41, 5.74) is 9.68. The number of methoxy groups -OCH3 is 1. The van der Waals surface area contributed by atoms with Gasteiger partial charge >= 0.3 is 0 Å². The lowest BCUT2D eigenvalue weighted by Crippen LogP contribution is -2.25. The van der Waals surface area contributed by atoms with Crippen molar-refractivity contribution in [1.82, 2.24) is 10.3 Å². The van der Waals surface area contributed by atoms with Crippen molar-refractivity contribution in [3.05, 3.63) is 53.7 Å². The maximum Gasteiger partial charge on any atom is 0.221 e. The van der Waals surface area contributed by atoms with Crippen LogP contribution in [0.25, 0.3) is 10.9 Å². The van der Waals surface area contributed by atoms with Crippen molar-refractivity contribution in [2.24, 2.45) is 5.73 Å². The van der Waals surface area contributed by atoms with Gasteiger partial charge in [0.25, 0.3) is 0 Å². The number of ether oxygens (including phenoxy) is 2. The number of amides is 2. The van der Waals surface area contributed by atoms with Crippen LogP contribution in [0.4, 0.5) is 11.4 Å². The summed E-state index contributed by atoms with van der Waals surface area (Å²) in [7, 11) is 1.56. The summed E-state index contributed by atoms with van der Waals surface area (Å²) in [5, 5.41) is 6.95. The number of nitrogens with one attached hydrogen (secondary N) is 2. The number of carbonyl (C=O) groups excluding carboxylic acids is 2. The number of hydrogen-bond donors (Lipinski definition) is 3. The van der Waals surface area contributed by atoms with E-state index in [0.29, 0.717) is 29.1 Å². The van der Waals surface area contributed by atoms with E-state index in [0.717, 1.165) is 28.7 Å². The molecule has 0 aliphatic heterocycles. The van der Waals surface area contributed by atoms with Crippen LogP contribution in [-0.2, 0) is 22.4 Å². The van der Waals surface area contributed by atoms with Crippen LogP contribution in [0.5, 0.6) is 11.5 Å². The number of benzene rings is 2. The Morgan fingerprint density at radius 2 is 1.91 bits per heavy atom. The molecule has 0 saturated carbocycles. The van der Waals surface area contributed by atoms with E-state index in [2.05, 4.69) is 28.6 Å². The molecule has 0 unspecified atom stereocenters. The average Bonchev–Trinajstić information content (AvgIpc) is 2.77. The van der Waals surface area contributed by atoms with Crippen LogP contribution in [0.1, 0.15) is 25.0 Å². The monoisotopic (exact) mass is 436 g/mol. The van der Waals surface area contributed by atoms with E-state index in [1.54, 1.807) is 19.4 Å². The SMILES string of the molecule is CCc1ccccc1Nc1c(CC(N)=O)cnc2cc(OC)c(OCCNC(C)=O)cc12. The highest BCUT2D eigenvalue weighted by Gasteiger charge is 2.16. The number of rotatable bonds is 10. The molecule has 2 amide bonds. The molecular formula is C24H28N4O4. The van der Waals surface area contributed by atoms with E-state index in [9.17, 15) is 9.59 Å². The number of fused-ring (bicyclic) bond motifs is 1. The van der Waals surface area contributed by atoms with Crippen molar-refractivity contribution in [1.29, 1.82) is 0 Å². The molecule has 0 aliphatic rings. The minimum atomic E-state index is -0.446. The zero-order chi connectivity index (χ0) is 23.1. The second kappa shape index (κ2) is 10.5. The third-order valence-corrected chi connectivity index (χ3v) is 4.99. The van der Waals surface area contributed by atoms with Gasteiger partial charge in [0.2, 0.25) is 11.8 Å². The zero-order valence-electron chi connectivity index (χ0n) is 18.5. The Morgan fingerprint density at radius 3 is 2.59 bits per heavy atom. The van der Waals surface area contributed by atoms with Gasteiger partial charge < -0.3 is 25.8 Å². The number of aromatic nitrogens is 1. The van der Waals surface area contributed by atoms with Crippen molar-refractivity contribution >= 4 is 34.1 Å². The maximum atomic E-state index is 11.7. The van der Waals surface area contributed by atoms with E-state index in [4.69, 9.17) is 15.2 Å². The van der Waals surface area contributed by atoms with Gasteiger partial charge in [-0.05, 0) is 24.1 Å². The fourth-order valence-electron chi connectivity index (χ4n) is 3.46. The predicted molar refractivity (Wildman–Crippen MR) is 124 cm³/mol. The highest BCUT2D eigenvalue weighted by atomic mass is 16.5. The Balaban J connectivity index is 2.08. The molecule has 8 nitrogen and oxygen atoms in total. The van der Waals surface area contributed by atoms with Crippen molar-refractivity contribution in [2.45, 2.75) is 26.7 Å². The molecule has 32 heavy (non-hydrogen) atoms. The smallest absolute Gasteiger partial charge is 0.221 e. The number of primary amides is 1. The summed E-state index contributed by atoms with van der Waals surface area (Å²) in [4.78, 5) is 27.3. The van der Waals surface area contributed by atoms with Gasteiger partial charge in [0.05, 0.1) is 31.3 Å². The number of aryl methyl sites for hydroxylation is 1. The molecule has 8 heteroatoms. The van der Waals surface area contributed by atoms with E-state index >= 15 is 0 Å². The topological polar surface area (TPSA) is 116 Å². The summed E-state index contributed by atoms with van der Waals surface area (Å²) >= 11 is 0. The van der Waals surface area contributed by atoms with Crippen molar-refractivity contribution < 1.29 is 19.1 Å². The summed E-state index contributed by atoms with van der Waals surface area (Å²) in [6.45, 7) is 4.18. The first-order valence-corrected chi connectivity index (χ1v) is 10.4. The second-order valence-electron chi connectivity index (χ2n) is 7.29. The quantitative estimate of drug-likeness (QED) is 0.421. The summed E-state index contributed by atoms with van der Waals surface area (Å²) in [6, 6.07) is 11.6. The fourth-order valence-corrected chi connectivity index (χ4v) is 3.46. The Labute approximate surface area is 187 Å². The lowest BCUT2D eigenvalue weighted by Gasteiger charge is -2.18. The van der Waals surface area contributed by atoms with Crippen LogP contribution < -0.4 is 25.8 Å². The number of pyridine rings is 1. The molecule has 1 aromatic heterocycles. The Bertz CT molecular complexity index is 1130. The molecule has 0 atom stereocenters. The van der Waals surface area contributed by atoms with E-state index in [1.165, 1.54) is 6.92 Å². The van der Waals surface area contributed by atoms with Gasteiger partial charge in [-0.1, -0.05) is 25.1 Å². The van der Waals surface area contributed by atoms with Crippen LogP contribution in [0, 0.1) is 0 Å². The minimum Gasteiger partial charge on any atom is -0.493 e. The van der Waals surface area contributed by atoms with Gasteiger partial charge in [-0.3, -0.25) is 14.6 Å². The Kier molecular flexibility index (Phi) is 7.49. The largest absolute Gasteiger partial charge is 0.493 e. The number of carbonyl (C=O) groups is 2. The first kappa shape index (κ1) is 22.9. The van der Waals surface area contributed by atoms with Gasteiger partial charge in [-0.15, -0.1) is 0 Å². The predicted octanol–water partition coefficient (Wildman–Crippen LogP) is 3.09. The molecule has 1 heterocycles. The number of hydrogen-bond acceptors (Lipinski definition) is 6. The average molecular weight is 437 g/mol. The third-order valence-electron chi connectivity index (χ3n) is 4.99. The fraction of sp³-hybridized carbons (Fsp3) is 0.292. The second-order valence-corrected chi connectivity index (χ2v) is 7.29. The maximum absolute atomic E-state index is 11.7. The van der Waals surface area contributed by atoms with Crippen molar-refractivity contribution in [3.63, 3.8) is 0 Å². The van der Waals surface area contributed by atoms with Crippen LogP contribution in [-0.4, -0.2) is 37.1 Å². The zero-order valence-corrected chi connectivity index (χ0v) is 18.5. The van der Waals surface area contributed by atoms with Gasteiger partial charge in [0.1, 0.15) is 6.61 Å². The molecule has 0 aliphatic carbocycles. The lowest BCUT2D eigenvalue weighted by atomic mass is 10.0. The number of nitrogens with two attached hydrogens (primary N) is 1. The van der Waals surface area contributed by atoms with Crippen LogP contribution in [0.2, 0.25) is 0 Å². The standard InChI is InChI=1S/C24H28N4O4/c1-4-16-7-5-6-8-19(16)28-24-17(11-23(25)30)14-27-20-13-21(31-3)22(12-18(20)24)32-10-9-26-15(2)29/h5-8,12-14H,4,9-11H2,1-3H3,(H2,25,30)(H,26,29)(H,27,28). The molecule has 4 N–H and O–H groups in total. The molecule has 0 spiro atoms.